The van der Waals surface area contributed by atoms with E-state index in [2.05, 4.69) is 5.32 Å². The number of hydrogen-bond donors (Lipinski definition) is 3. The Morgan fingerprint density at radius 2 is 2.50 bits per heavy atom. The van der Waals surface area contributed by atoms with E-state index < -0.39 is 18.1 Å². The molecule has 0 saturated carbocycles. The molecule has 0 unspecified atom stereocenters. The highest BCUT2D eigenvalue weighted by Crippen LogP contribution is 2.28. The Kier molecular flexibility index (Phi) is 3.22. The first-order valence-electron chi connectivity index (χ1n) is 4.71. The molecule has 0 aromatic carbocycles. The molecule has 2 aliphatic heterocycles. The lowest BCUT2D eigenvalue weighted by Gasteiger charge is -2.31. The van der Waals surface area contributed by atoms with Crippen molar-refractivity contribution in [2.24, 2.45) is 5.73 Å². The summed E-state index contributed by atoms with van der Waals surface area (Å²) in [6, 6.07) is -0.483. The molecule has 8 heteroatoms. The van der Waals surface area contributed by atoms with E-state index in [9.17, 15) is 9.18 Å². The third-order valence-corrected chi connectivity index (χ3v) is 3.44. The highest BCUT2D eigenvalue weighted by Gasteiger charge is 2.36. The van der Waals surface area contributed by atoms with Gasteiger partial charge in [0, 0.05) is 5.75 Å². The zero-order chi connectivity index (χ0) is 11.7. The molecule has 0 aliphatic carbocycles. The van der Waals surface area contributed by atoms with Gasteiger partial charge in [-0.25, -0.2) is 9.18 Å². The second-order valence-corrected chi connectivity index (χ2v) is 4.61. The van der Waals surface area contributed by atoms with Crippen LogP contribution >= 0.6 is 11.8 Å². The normalized spacial score (nSPS) is 30.9. The lowest BCUT2D eigenvalue weighted by molar-refractivity contribution is -0.0365. The van der Waals surface area contributed by atoms with Crippen molar-refractivity contribution in [1.29, 1.82) is 0 Å². The van der Waals surface area contributed by atoms with Crippen LogP contribution in [0.15, 0.2) is 11.6 Å². The first-order valence-corrected chi connectivity index (χ1v) is 5.76. The third-order valence-electron chi connectivity index (χ3n) is 2.33. The molecule has 1 saturated heterocycles. The van der Waals surface area contributed by atoms with E-state index in [4.69, 9.17) is 15.6 Å². The maximum atomic E-state index is 13.2. The fourth-order valence-electron chi connectivity index (χ4n) is 1.50. The molecule has 90 valence electrons. The van der Waals surface area contributed by atoms with Crippen molar-refractivity contribution in [1.82, 2.24) is 10.2 Å². The monoisotopic (exact) mass is 249 g/mol. The largest absolute Gasteiger partial charge is 0.393 e. The number of carbonyl (C=O) groups excluding carboxylic acids is 1. The number of ether oxygens (including phenoxy) is 1. The second kappa shape index (κ2) is 4.48. The maximum absolute atomic E-state index is 13.2. The van der Waals surface area contributed by atoms with Gasteiger partial charge in [0.2, 0.25) is 0 Å². The van der Waals surface area contributed by atoms with Crippen molar-refractivity contribution in [3.05, 3.63) is 11.6 Å². The molecule has 0 aromatic rings. The van der Waals surface area contributed by atoms with Crippen molar-refractivity contribution in [2.75, 3.05) is 18.9 Å². The van der Waals surface area contributed by atoms with Crippen LogP contribution in [0.4, 0.5) is 9.18 Å². The standard InChI is InChI=1S/C8H12FN3O3S/c9-4-1-12(8(14)11-7(4)10)5-3-16-6(2-13)15-5/h5-6,13H,1-3,10H2,(H,11,14)/t5-,6+/m1/s1. The molecule has 0 aromatic heterocycles. The molecule has 0 bridgehead atoms. The van der Waals surface area contributed by atoms with Crippen molar-refractivity contribution in [2.45, 2.75) is 11.7 Å². The molecule has 2 heterocycles. The van der Waals surface area contributed by atoms with E-state index >= 15 is 0 Å². The summed E-state index contributed by atoms with van der Waals surface area (Å²) in [5.74, 6) is -0.322. The Morgan fingerprint density at radius 3 is 3.12 bits per heavy atom. The summed E-state index contributed by atoms with van der Waals surface area (Å²) in [7, 11) is 0. The Hall–Kier alpha value is -0.990. The summed E-state index contributed by atoms with van der Waals surface area (Å²) >= 11 is 1.38. The lowest BCUT2D eigenvalue weighted by atomic mass is 10.3. The van der Waals surface area contributed by atoms with Crippen LogP contribution in [-0.4, -0.2) is 46.6 Å². The van der Waals surface area contributed by atoms with Gasteiger partial charge in [-0.2, -0.15) is 0 Å². The van der Waals surface area contributed by atoms with Crippen molar-refractivity contribution < 1.29 is 19.0 Å². The van der Waals surface area contributed by atoms with Gasteiger partial charge in [0.05, 0.1) is 13.2 Å². The molecule has 0 spiro atoms. The predicted octanol–water partition coefficient (Wildman–Crippen LogP) is -0.483. The van der Waals surface area contributed by atoms with Gasteiger partial charge in [-0.15, -0.1) is 11.8 Å². The number of aliphatic hydroxyl groups is 1. The van der Waals surface area contributed by atoms with Crippen molar-refractivity contribution in [3.63, 3.8) is 0 Å². The molecule has 2 rings (SSSR count). The smallest absolute Gasteiger partial charge is 0.325 e. The van der Waals surface area contributed by atoms with Crippen LogP contribution in [0.25, 0.3) is 0 Å². The zero-order valence-corrected chi connectivity index (χ0v) is 9.17. The number of aliphatic hydroxyl groups excluding tert-OH is 1. The van der Waals surface area contributed by atoms with Crippen molar-refractivity contribution >= 4 is 17.8 Å². The minimum atomic E-state index is -0.583. The van der Waals surface area contributed by atoms with Gasteiger partial charge in [-0.1, -0.05) is 0 Å². The second-order valence-electron chi connectivity index (χ2n) is 3.41. The maximum Gasteiger partial charge on any atom is 0.325 e. The van der Waals surface area contributed by atoms with E-state index in [0.717, 1.165) is 0 Å². The topological polar surface area (TPSA) is 87.8 Å². The number of nitrogens with one attached hydrogen (secondary N) is 1. The van der Waals surface area contributed by atoms with Gasteiger partial charge >= 0.3 is 6.03 Å². The average molecular weight is 249 g/mol. The first kappa shape index (κ1) is 11.5. The van der Waals surface area contributed by atoms with Crippen molar-refractivity contribution in [3.8, 4) is 0 Å². The van der Waals surface area contributed by atoms with Crippen LogP contribution in [0, 0.1) is 0 Å². The fraction of sp³-hybridized carbons (Fsp3) is 0.625. The Balaban J connectivity index is 2.03. The molecule has 4 N–H and O–H groups in total. The lowest BCUT2D eigenvalue weighted by Crippen LogP contribution is -2.52. The van der Waals surface area contributed by atoms with E-state index in [1.807, 2.05) is 0 Å². The van der Waals surface area contributed by atoms with Crippen LogP contribution in [0.5, 0.6) is 0 Å². The minimum absolute atomic E-state index is 0.128. The highest BCUT2D eigenvalue weighted by molar-refractivity contribution is 8.00. The summed E-state index contributed by atoms with van der Waals surface area (Å²) in [5, 5.41) is 11.1. The van der Waals surface area contributed by atoms with Gasteiger partial charge in [0.15, 0.2) is 5.83 Å². The van der Waals surface area contributed by atoms with Gasteiger partial charge in [-0.3, -0.25) is 10.2 Å². The number of amides is 2. The van der Waals surface area contributed by atoms with Crippen LogP contribution in [0.3, 0.4) is 0 Å². The van der Waals surface area contributed by atoms with E-state index in [0.29, 0.717) is 5.75 Å². The number of nitrogens with zero attached hydrogens (tertiary/aromatic N) is 1. The van der Waals surface area contributed by atoms with Gasteiger partial charge in [-0.05, 0) is 0 Å². The first-order chi connectivity index (χ1) is 7.61. The molecule has 2 aliphatic rings. The van der Waals surface area contributed by atoms with Crippen LogP contribution in [0.1, 0.15) is 0 Å². The molecule has 6 nitrogen and oxygen atoms in total. The zero-order valence-electron chi connectivity index (χ0n) is 8.35. The number of thioether (sulfide) groups is 1. The van der Waals surface area contributed by atoms with E-state index in [-0.39, 0.29) is 24.4 Å². The van der Waals surface area contributed by atoms with Gasteiger partial charge in [0.1, 0.15) is 17.5 Å². The number of carbonyl (C=O) groups is 1. The molecule has 2 atom stereocenters. The van der Waals surface area contributed by atoms with Crippen LogP contribution in [0.2, 0.25) is 0 Å². The predicted molar refractivity (Wildman–Crippen MR) is 55.8 cm³/mol. The molecule has 16 heavy (non-hydrogen) atoms. The fourth-order valence-corrected chi connectivity index (χ4v) is 2.45. The molecule has 1 fully saturated rings. The minimum Gasteiger partial charge on any atom is -0.393 e. The average Bonchev–Trinajstić information content (AvgIpc) is 2.71. The Bertz CT molecular complexity index is 338. The third kappa shape index (κ3) is 2.08. The molecule has 0 radical (unpaired) electrons. The molecule has 2 amide bonds. The van der Waals surface area contributed by atoms with Gasteiger partial charge in [0.25, 0.3) is 0 Å². The Morgan fingerprint density at radius 1 is 1.75 bits per heavy atom. The van der Waals surface area contributed by atoms with E-state index in [1.54, 1.807) is 0 Å². The number of hydrogen-bond acceptors (Lipinski definition) is 5. The Labute approximate surface area is 95.6 Å². The summed E-state index contributed by atoms with van der Waals surface area (Å²) in [5.41, 5.74) is 4.89. The number of urea groups is 1. The molecular formula is C8H12FN3O3S. The summed E-state index contributed by atoms with van der Waals surface area (Å²) in [6.45, 7) is -0.321. The summed E-state index contributed by atoms with van der Waals surface area (Å²) in [4.78, 5) is 12.7. The highest BCUT2D eigenvalue weighted by atomic mass is 32.2. The number of rotatable bonds is 2. The van der Waals surface area contributed by atoms with Gasteiger partial charge < -0.3 is 15.6 Å². The van der Waals surface area contributed by atoms with Crippen LogP contribution < -0.4 is 11.1 Å². The molecular weight excluding hydrogens is 237 g/mol. The summed E-state index contributed by atoms with van der Waals surface area (Å²) in [6.07, 6.45) is -0.527. The van der Waals surface area contributed by atoms with E-state index in [1.165, 1.54) is 16.7 Å². The summed E-state index contributed by atoms with van der Waals surface area (Å²) < 4.78 is 18.6. The SMILES string of the molecule is NC1=C(F)CN([C@H]2CS[C@@H](CO)O2)C(=O)N1. The number of nitrogens with two attached hydrogens (primary N) is 1. The quantitative estimate of drug-likeness (QED) is 0.615. The van der Waals surface area contributed by atoms with Crippen LogP contribution in [-0.2, 0) is 4.74 Å². The number of halogens is 1.